The van der Waals surface area contributed by atoms with Crippen molar-refractivity contribution in [3.8, 4) is 0 Å². The van der Waals surface area contributed by atoms with Crippen LogP contribution in [0.2, 0.25) is 0 Å². The second-order valence-corrected chi connectivity index (χ2v) is 4.69. The van der Waals surface area contributed by atoms with E-state index in [1.165, 1.54) is 5.56 Å². The zero-order valence-electron chi connectivity index (χ0n) is 12.2. The van der Waals surface area contributed by atoms with Gasteiger partial charge in [0.25, 0.3) is 0 Å². The van der Waals surface area contributed by atoms with Crippen LogP contribution < -0.4 is 11.1 Å². The Morgan fingerprint density at radius 2 is 2.00 bits per heavy atom. The van der Waals surface area contributed by atoms with Gasteiger partial charge in [-0.25, -0.2) is 0 Å². The van der Waals surface area contributed by atoms with E-state index in [1.807, 2.05) is 30.3 Å². The summed E-state index contributed by atoms with van der Waals surface area (Å²) < 4.78 is 10.2. The number of amides is 1. The fourth-order valence-electron chi connectivity index (χ4n) is 1.84. The second kappa shape index (κ2) is 9.47. The van der Waals surface area contributed by atoms with Crippen molar-refractivity contribution in [1.29, 1.82) is 0 Å². The molecule has 1 aromatic rings. The lowest BCUT2D eigenvalue weighted by Gasteiger charge is -2.17. The lowest BCUT2D eigenvalue weighted by atomic mass is 10.1. The molecule has 5 nitrogen and oxygen atoms in total. The summed E-state index contributed by atoms with van der Waals surface area (Å²) in [7, 11) is 3.19. The summed E-state index contributed by atoms with van der Waals surface area (Å²) in [6.45, 7) is 0.845. The lowest BCUT2D eigenvalue weighted by molar-refractivity contribution is -0.123. The number of rotatable bonds is 9. The maximum Gasteiger partial charge on any atom is 0.237 e. The third-order valence-electron chi connectivity index (χ3n) is 3.11. The molecule has 3 N–H and O–H groups in total. The molecule has 20 heavy (non-hydrogen) atoms. The van der Waals surface area contributed by atoms with E-state index < -0.39 is 6.04 Å². The van der Waals surface area contributed by atoms with E-state index in [-0.39, 0.29) is 12.0 Å². The van der Waals surface area contributed by atoms with Crippen LogP contribution in [0, 0.1) is 0 Å². The highest BCUT2D eigenvalue weighted by atomic mass is 16.5. The summed E-state index contributed by atoms with van der Waals surface area (Å²) >= 11 is 0. The smallest absolute Gasteiger partial charge is 0.237 e. The van der Waals surface area contributed by atoms with Gasteiger partial charge in [-0.2, -0.15) is 0 Å². The van der Waals surface area contributed by atoms with Gasteiger partial charge >= 0.3 is 0 Å². The molecule has 1 rings (SSSR count). The van der Waals surface area contributed by atoms with Crippen molar-refractivity contribution < 1.29 is 14.3 Å². The fraction of sp³-hybridized carbons (Fsp3) is 0.533. The molecule has 0 fully saturated rings. The van der Waals surface area contributed by atoms with Gasteiger partial charge in [0.05, 0.1) is 18.8 Å². The van der Waals surface area contributed by atoms with E-state index in [4.69, 9.17) is 15.2 Å². The van der Waals surface area contributed by atoms with Crippen LogP contribution in [0.3, 0.4) is 0 Å². The second-order valence-electron chi connectivity index (χ2n) is 4.69. The molecule has 1 unspecified atom stereocenters. The first-order valence-electron chi connectivity index (χ1n) is 6.76. The predicted molar refractivity (Wildman–Crippen MR) is 78.4 cm³/mol. The van der Waals surface area contributed by atoms with Crippen molar-refractivity contribution in [2.75, 3.05) is 27.4 Å². The van der Waals surface area contributed by atoms with E-state index in [2.05, 4.69) is 5.32 Å². The molecule has 0 aliphatic rings. The van der Waals surface area contributed by atoms with Crippen LogP contribution in [-0.4, -0.2) is 45.4 Å². The highest BCUT2D eigenvalue weighted by Crippen LogP contribution is 2.04. The summed E-state index contributed by atoms with van der Waals surface area (Å²) in [5.41, 5.74) is 7.07. The van der Waals surface area contributed by atoms with E-state index in [1.54, 1.807) is 14.2 Å². The third kappa shape index (κ3) is 6.14. The van der Waals surface area contributed by atoms with Crippen LogP contribution in [0.1, 0.15) is 12.0 Å². The molecule has 0 saturated carbocycles. The number of ether oxygens (including phenoxy) is 2. The summed E-state index contributed by atoms with van der Waals surface area (Å²) in [5, 5.41) is 2.79. The van der Waals surface area contributed by atoms with Crippen molar-refractivity contribution in [3.63, 3.8) is 0 Å². The van der Waals surface area contributed by atoms with Gasteiger partial charge in [0.1, 0.15) is 0 Å². The quantitative estimate of drug-likeness (QED) is 0.699. The Balaban J connectivity index is 2.28. The fourth-order valence-corrected chi connectivity index (χ4v) is 1.84. The number of carbonyl (C=O) groups excluding carboxylic acids is 1. The maximum atomic E-state index is 11.9. The first kappa shape index (κ1) is 16.6. The Hall–Kier alpha value is -1.43. The molecule has 112 valence electrons. The molecule has 0 bridgehead atoms. The van der Waals surface area contributed by atoms with E-state index in [9.17, 15) is 4.79 Å². The van der Waals surface area contributed by atoms with Gasteiger partial charge in [-0.1, -0.05) is 30.3 Å². The monoisotopic (exact) mass is 280 g/mol. The molecule has 0 aromatic heterocycles. The largest absolute Gasteiger partial charge is 0.382 e. The minimum atomic E-state index is -0.504. The van der Waals surface area contributed by atoms with Crippen LogP contribution in [0.5, 0.6) is 0 Å². The number of carbonyl (C=O) groups is 1. The molecule has 1 amide bonds. The van der Waals surface area contributed by atoms with Crippen LogP contribution in [0.4, 0.5) is 0 Å². The average Bonchev–Trinajstić information content (AvgIpc) is 2.49. The van der Waals surface area contributed by atoms with Gasteiger partial charge in [0, 0.05) is 20.8 Å². The maximum absolute atomic E-state index is 11.9. The number of nitrogens with one attached hydrogen (secondary N) is 1. The normalized spacial score (nSPS) is 13.8. The molecular formula is C15H24N2O3. The summed E-state index contributed by atoms with van der Waals surface area (Å²) in [4.78, 5) is 11.9. The van der Waals surface area contributed by atoms with Gasteiger partial charge in [-0.3, -0.25) is 4.79 Å². The highest BCUT2D eigenvalue weighted by Gasteiger charge is 2.15. The van der Waals surface area contributed by atoms with Crippen molar-refractivity contribution in [3.05, 3.63) is 35.9 Å². The Bertz CT molecular complexity index is 384. The van der Waals surface area contributed by atoms with Crippen molar-refractivity contribution in [2.45, 2.75) is 25.0 Å². The Morgan fingerprint density at radius 1 is 1.30 bits per heavy atom. The zero-order chi connectivity index (χ0) is 14.8. The van der Waals surface area contributed by atoms with Gasteiger partial charge < -0.3 is 20.5 Å². The topological polar surface area (TPSA) is 73.6 Å². The van der Waals surface area contributed by atoms with Crippen LogP contribution in [-0.2, 0) is 20.7 Å². The van der Waals surface area contributed by atoms with E-state index in [0.717, 1.165) is 6.42 Å². The van der Waals surface area contributed by atoms with Crippen LogP contribution in [0.15, 0.2) is 30.3 Å². The molecule has 0 saturated heterocycles. The molecular weight excluding hydrogens is 256 g/mol. The number of methoxy groups -OCH3 is 2. The molecule has 0 aliphatic heterocycles. The number of hydrogen-bond donors (Lipinski definition) is 2. The SMILES string of the molecule is COCC(CNC(=O)[C@@H](N)CCc1ccccc1)OC. The Kier molecular flexibility index (Phi) is 7.87. The lowest BCUT2D eigenvalue weighted by Crippen LogP contribution is -2.44. The van der Waals surface area contributed by atoms with Gasteiger partial charge in [0.15, 0.2) is 0 Å². The average molecular weight is 280 g/mol. The number of hydrogen-bond acceptors (Lipinski definition) is 4. The number of aryl methyl sites for hydroxylation is 1. The Morgan fingerprint density at radius 3 is 2.60 bits per heavy atom. The molecule has 5 heteroatoms. The van der Waals surface area contributed by atoms with Crippen LogP contribution in [0.25, 0.3) is 0 Å². The van der Waals surface area contributed by atoms with E-state index >= 15 is 0 Å². The van der Waals surface area contributed by atoms with Crippen LogP contribution >= 0.6 is 0 Å². The molecule has 0 spiro atoms. The van der Waals surface area contributed by atoms with Gasteiger partial charge in [-0.15, -0.1) is 0 Å². The minimum absolute atomic E-state index is 0.148. The third-order valence-corrected chi connectivity index (χ3v) is 3.11. The van der Waals surface area contributed by atoms with Gasteiger partial charge in [0.2, 0.25) is 5.91 Å². The number of nitrogens with two attached hydrogens (primary N) is 1. The summed E-state index contributed by atoms with van der Waals surface area (Å²) in [6, 6.07) is 9.49. The van der Waals surface area contributed by atoms with Gasteiger partial charge in [-0.05, 0) is 18.4 Å². The summed E-state index contributed by atoms with van der Waals surface area (Å²) in [6.07, 6.45) is 1.27. The molecule has 0 heterocycles. The standard InChI is InChI=1S/C15H24N2O3/c1-19-11-13(20-2)10-17-15(18)14(16)9-8-12-6-4-3-5-7-12/h3-7,13-14H,8-11,16H2,1-2H3,(H,17,18)/t13?,14-/m0/s1. The first-order valence-corrected chi connectivity index (χ1v) is 6.76. The van der Waals surface area contributed by atoms with Crippen molar-refractivity contribution in [2.24, 2.45) is 5.73 Å². The molecule has 0 radical (unpaired) electrons. The zero-order valence-corrected chi connectivity index (χ0v) is 12.2. The highest BCUT2D eigenvalue weighted by molar-refractivity contribution is 5.81. The predicted octanol–water partition coefficient (Wildman–Crippen LogP) is 0.724. The molecule has 2 atom stereocenters. The first-order chi connectivity index (χ1) is 9.67. The van der Waals surface area contributed by atoms with Crippen molar-refractivity contribution in [1.82, 2.24) is 5.32 Å². The van der Waals surface area contributed by atoms with Crippen molar-refractivity contribution >= 4 is 5.91 Å². The molecule has 1 aromatic carbocycles. The summed E-state index contributed by atoms with van der Waals surface area (Å²) in [5.74, 6) is -0.154. The van der Waals surface area contributed by atoms with E-state index in [0.29, 0.717) is 19.6 Å². The molecule has 0 aliphatic carbocycles. The number of benzene rings is 1. The Labute approximate surface area is 120 Å². The minimum Gasteiger partial charge on any atom is -0.382 e.